The minimum Gasteiger partial charge on any atom is -0.440 e. The summed E-state index contributed by atoms with van der Waals surface area (Å²) in [5, 5.41) is 0. The second-order valence-electron chi connectivity index (χ2n) is 2.01. The molecule has 0 saturated heterocycles. The molecule has 1 aromatic heterocycles. The fourth-order valence-corrected chi connectivity index (χ4v) is 0.510. The summed E-state index contributed by atoms with van der Waals surface area (Å²) >= 11 is 0. The van der Waals surface area contributed by atoms with E-state index in [9.17, 15) is 22.8 Å². The van der Waals surface area contributed by atoms with Crippen LogP contribution >= 0.6 is 0 Å². The first-order valence-corrected chi connectivity index (χ1v) is 3.14. The molecule has 1 heterocycles. The molecule has 0 aliphatic heterocycles. The SMILES string of the molecule is O=C(OC(=O)C(F)(F)F)c1ncco1. The lowest BCUT2D eigenvalue weighted by Crippen LogP contribution is -2.28. The summed E-state index contributed by atoms with van der Waals surface area (Å²) in [5.74, 6) is -4.92. The monoisotopic (exact) mass is 209 g/mol. The fraction of sp³-hybridized carbons (Fsp3) is 0.167. The van der Waals surface area contributed by atoms with Gasteiger partial charge in [0.05, 0.1) is 6.20 Å². The third-order valence-electron chi connectivity index (χ3n) is 1.02. The molecule has 0 radical (unpaired) electrons. The van der Waals surface area contributed by atoms with Crippen molar-refractivity contribution in [3.05, 3.63) is 18.4 Å². The summed E-state index contributed by atoms with van der Waals surface area (Å²) in [4.78, 5) is 24.0. The summed E-state index contributed by atoms with van der Waals surface area (Å²) in [6.45, 7) is 0. The molecule has 5 nitrogen and oxygen atoms in total. The number of carbonyl (C=O) groups is 2. The predicted octanol–water partition coefficient (Wildman–Crippen LogP) is 0.920. The van der Waals surface area contributed by atoms with Crippen molar-refractivity contribution in [3.63, 3.8) is 0 Å². The normalized spacial score (nSPS) is 11.1. The molecule has 0 amide bonds. The summed E-state index contributed by atoms with van der Waals surface area (Å²) in [6.07, 6.45) is -3.24. The number of alkyl halides is 3. The van der Waals surface area contributed by atoms with Gasteiger partial charge in [-0.25, -0.2) is 14.6 Å². The number of nitrogens with zero attached hydrogens (tertiary/aromatic N) is 1. The van der Waals surface area contributed by atoms with Crippen molar-refractivity contribution in [1.29, 1.82) is 0 Å². The van der Waals surface area contributed by atoms with Crippen LogP contribution in [0.5, 0.6) is 0 Å². The first-order valence-electron chi connectivity index (χ1n) is 3.14. The Kier molecular flexibility index (Phi) is 2.54. The van der Waals surface area contributed by atoms with Gasteiger partial charge in [0.1, 0.15) is 6.26 Å². The molecule has 8 heteroatoms. The Labute approximate surface area is 74.5 Å². The zero-order valence-electron chi connectivity index (χ0n) is 6.37. The summed E-state index contributed by atoms with van der Waals surface area (Å²) < 4.78 is 42.4. The van der Waals surface area contributed by atoms with E-state index < -0.39 is 24.0 Å². The average molecular weight is 209 g/mol. The smallest absolute Gasteiger partial charge is 0.440 e. The Morgan fingerprint density at radius 3 is 2.50 bits per heavy atom. The van der Waals surface area contributed by atoms with Crippen LogP contribution in [0, 0.1) is 0 Å². The molecule has 1 rings (SSSR count). The van der Waals surface area contributed by atoms with Crippen LogP contribution in [0.15, 0.2) is 16.9 Å². The Balaban J connectivity index is 2.63. The average Bonchev–Trinajstić information content (AvgIpc) is 2.53. The van der Waals surface area contributed by atoms with Crippen molar-refractivity contribution in [2.75, 3.05) is 0 Å². The van der Waals surface area contributed by atoms with Crippen LogP contribution in [0.2, 0.25) is 0 Å². The Bertz CT molecular complexity index is 342. The fourth-order valence-electron chi connectivity index (χ4n) is 0.510. The zero-order chi connectivity index (χ0) is 10.8. The number of hydrogen-bond acceptors (Lipinski definition) is 5. The van der Waals surface area contributed by atoms with E-state index >= 15 is 0 Å². The van der Waals surface area contributed by atoms with Crippen molar-refractivity contribution >= 4 is 11.9 Å². The van der Waals surface area contributed by atoms with Crippen LogP contribution in [-0.2, 0) is 9.53 Å². The number of carbonyl (C=O) groups excluding carboxylic acids is 2. The summed E-state index contributed by atoms with van der Waals surface area (Å²) in [7, 11) is 0. The standard InChI is InChI=1S/C6H2F3NO4/c7-6(8,9)5(12)14-4(11)3-10-1-2-13-3/h1-2H. The van der Waals surface area contributed by atoms with Crippen LogP contribution in [0.1, 0.15) is 10.7 Å². The van der Waals surface area contributed by atoms with Gasteiger partial charge in [-0.05, 0) is 0 Å². The lowest BCUT2D eigenvalue weighted by molar-refractivity contribution is -0.193. The Morgan fingerprint density at radius 1 is 1.43 bits per heavy atom. The molecule has 0 saturated carbocycles. The Morgan fingerprint density at radius 2 is 2.07 bits per heavy atom. The van der Waals surface area contributed by atoms with Crippen molar-refractivity contribution in [2.24, 2.45) is 0 Å². The van der Waals surface area contributed by atoms with Gasteiger partial charge in [0.2, 0.25) is 0 Å². The highest BCUT2D eigenvalue weighted by atomic mass is 19.4. The predicted molar refractivity (Wildman–Crippen MR) is 33.0 cm³/mol. The van der Waals surface area contributed by atoms with Crippen LogP contribution < -0.4 is 0 Å². The van der Waals surface area contributed by atoms with Crippen molar-refractivity contribution in [3.8, 4) is 0 Å². The summed E-state index contributed by atoms with van der Waals surface area (Å²) in [5.41, 5.74) is 0. The molecule has 0 unspecified atom stereocenters. The number of rotatable bonds is 1. The maximum absolute atomic E-state index is 11.6. The third kappa shape index (κ3) is 2.31. The lowest BCUT2D eigenvalue weighted by Gasteiger charge is -2.02. The minimum atomic E-state index is -5.22. The molecule has 0 aliphatic rings. The van der Waals surface area contributed by atoms with Crippen LogP contribution in [-0.4, -0.2) is 23.1 Å². The van der Waals surface area contributed by atoms with Gasteiger partial charge in [-0.3, -0.25) is 0 Å². The van der Waals surface area contributed by atoms with Gasteiger partial charge in [0.15, 0.2) is 0 Å². The van der Waals surface area contributed by atoms with Gasteiger partial charge >= 0.3 is 24.0 Å². The van der Waals surface area contributed by atoms with E-state index in [0.29, 0.717) is 0 Å². The van der Waals surface area contributed by atoms with Gasteiger partial charge < -0.3 is 9.15 Å². The maximum Gasteiger partial charge on any atom is 0.491 e. The minimum absolute atomic E-state index is 0.720. The van der Waals surface area contributed by atoms with E-state index in [0.717, 1.165) is 12.5 Å². The summed E-state index contributed by atoms with van der Waals surface area (Å²) in [6, 6.07) is 0. The largest absolute Gasteiger partial charge is 0.491 e. The molecule has 0 spiro atoms. The molecule has 0 aliphatic carbocycles. The van der Waals surface area contributed by atoms with Crippen LogP contribution in [0.25, 0.3) is 0 Å². The third-order valence-corrected chi connectivity index (χ3v) is 1.02. The van der Waals surface area contributed by atoms with Gasteiger partial charge in [0.25, 0.3) is 0 Å². The number of aromatic nitrogens is 1. The van der Waals surface area contributed by atoms with Crippen molar-refractivity contribution in [2.45, 2.75) is 6.18 Å². The first kappa shape index (κ1) is 10.2. The van der Waals surface area contributed by atoms with E-state index in [4.69, 9.17) is 0 Å². The quantitative estimate of drug-likeness (QED) is 0.508. The number of esters is 2. The molecular weight excluding hydrogens is 207 g/mol. The maximum atomic E-state index is 11.6. The van der Waals surface area contributed by atoms with E-state index in [-0.39, 0.29) is 0 Å². The molecule has 0 N–H and O–H groups in total. The molecule has 76 valence electrons. The van der Waals surface area contributed by atoms with E-state index in [1.54, 1.807) is 0 Å². The lowest BCUT2D eigenvalue weighted by atomic mass is 10.6. The molecule has 0 aromatic carbocycles. The number of hydrogen-bond donors (Lipinski definition) is 0. The second-order valence-corrected chi connectivity index (χ2v) is 2.01. The second kappa shape index (κ2) is 3.48. The molecule has 14 heavy (non-hydrogen) atoms. The van der Waals surface area contributed by atoms with Crippen molar-refractivity contribution < 1.29 is 31.9 Å². The highest BCUT2D eigenvalue weighted by molar-refractivity contribution is 5.95. The first-order chi connectivity index (χ1) is 6.41. The van der Waals surface area contributed by atoms with Gasteiger partial charge in [0, 0.05) is 0 Å². The highest BCUT2D eigenvalue weighted by Crippen LogP contribution is 2.17. The highest BCUT2D eigenvalue weighted by Gasteiger charge is 2.43. The number of oxazole rings is 1. The van der Waals surface area contributed by atoms with E-state index in [1.807, 2.05) is 0 Å². The topological polar surface area (TPSA) is 69.4 Å². The molecular formula is C6H2F3NO4. The van der Waals surface area contributed by atoms with E-state index in [1.165, 1.54) is 0 Å². The molecule has 0 fully saturated rings. The Hall–Kier alpha value is -1.86. The van der Waals surface area contributed by atoms with E-state index in [2.05, 4.69) is 14.1 Å². The zero-order valence-corrected chi connectivity index (χ0v) is 6.37. The van der Waals surface area contributed by atoms with Crippen molar-refractivity contribution in [1.82, 2.24) is 4.98 Å². The van der Waals surface area contributed by atoms with Gasteiger partial charge in [-0.2, -0.15) is 13.2 Å². The number of ether oxygens (including phenoxy) is 1. The molecule has 1 aromatic rings. The van der Waals surface area contributed by atoms with Crippen LogP contribution in [0.3, 0.4) is 0 Å². The van der Waals surface area contributed by atoms with Gasteiger partial charge in [-0.1, -0.05) is 0 Å². The van der Waals surface area contributed by atoms with Crippen LogP contribution in [0.4, 0.5) is 13.2 Å². The molecule has 0 bridgehead atoms. The van der Waals surface area contributed by atoms with Gasteiger partial charge in [-0.15, -0.1) is 0 Å². The molecule has 0 atom stereocenters. The number of halogens is 3.